The van der Waals surface area contributed by atoms with E-state index in [4.69, 9.17) is 0 Å². The van der Waals surface area contributed by atoms with Crippen molar-refractivity contribution >= 4 is 0 Å². The van der Waals surface area contributed by atoms with Crippen molar-refractivity contribution in [3.63, 3.8) is 0 Å². The van der Waals surface area contributed by atoms with Crippen molar-refractivity contribution in [2.75, 3.05) is 0 Å². The number of hydrogen-bond donors (Lipinski definition) is 4. The SMILES string of the molecule is Cc1ccc(C(C)NCc2ccc(O)c(O)c2O)cc1F. The maximum absolute atomic E-state index is 13.5. The molecule has 0 saturated carbocycles. The van der Waals surface area contributed by atoms with Crippen molar-refractivity contribution < 1.29 is 19.7 Å². The average molecular weight is 291 g/mol. The van der Waals surface area contributed by atoms with Crippen LogP contribution in [0.4, 0.5) is 4.39 Å². The minimum atomic E-state index is -0.539. The number of phenolic OH excluding ortho intramolecular Hbond substituents is 3. The molecule has 4 N–H and O–H groups in total. The molecule has 0 fully saturated rings. The molecule has 1 atom stereocenters. The van der Waals surface area contributed by atoms with Crippen molar-refractivity contribution in [3.05, 3.63) is 52.8 Å². The van der Waals surface area contributed by atoms with Gasteiger partial charge in [0, 0.05) is 18.2 Å². The topological polar surface area (TPSA) is 72.7 Å². The van der Waals surface area contributed by atoms with Crippen LogP contribution in [-0.4, -0.2) is 15.3 Å². The Morgan fingerprint density at radius 3 is 2.48 bits per heavy atom. The molecule has 4 nitrogen and oxygen atoms in total. The second-order valence-corrected chi connectivity index (χ2v) is 5.05. The lowest BCUT2D eigenvalue weighted by molar-refractivity contribution is 0.363. The lowest BCUT2D eigenvalue weighted by Crippen LogP contribution is -2.18. The van der Waals surface area contributed by atoms with Crippen LogP contribution in [0.3, 0.4) is 0 Å². The van der Waals surface area contributed by atoms with Crippen LogP contribution in [0.2, 0.25) is 0 Å². The smallest absolute Gasteiger partial charge is 0.200 e. The van der Waals surface area contributed by atoms with E-state index in [9.17, 15) is 19.7 Å². The van der Waals surface area contributed by atoms with Crippen molar-refractivity contribution in [1.29, 1.82) is 0 Å². The van der Waals surface area contributed by atoms with Gasteiger partial charge in [-0.3, -0.25) is 0 Å². The highest BCUT2D eigenvalue weighted by Crippen LogP contribution is 2.37. The number of hydrogen-bond acceptors (Lipinski definition) is 4. The molecule has 0 bridgehead atoms. The van der Waals surface area contributed by atoms with Crippen molar-refractivity contribution in [3.8, 4) is 17.2 Å². The Kier molecular flexibility index (Phi) is 4.33. The number of halogens is 1. The van der Waals surface area contributed by atoms with E-state index in [2.05, 4.69) is 5.32 Å². The molecular weight excluding hydrogens is 273 g/mol. The van der Waals surface area contributed by atoms with E-state index in [1.54, 1.807) is 13.0 Å². The van der Waals surface area contributed by atoms with Crippen LogP contribution in [0.15, 0.2) is 30.3 Å². The highest BCUT2D eigenvalue weighted by atomic mass is 19.1. The summed E-state index contributed by atoms with van der Waals surface area (Å²) < 4.78 is 13.5. The van der Waals surface area contributed by atoms with Gasteiger partial charge < -0.3 is 20.6 Å². The van der Waals surface area contributed by atoms with Gasteiger partial charge in [-0.2, -0.15) is 0 Å². The van der Waals surface area contributed by atoms with Gasteiger partial charge in [0.25, 0.3) is 0 Å². The van der Waals surface area contributed by atoms with Crippen molar-refractivity contribution in [1.82, 2.24) is 5.32 Å². The highest BCUT2D eigenvalue weighted by Gasteiger charge is 2.13. The molecule has 0 radical (unpaired) electrons. The first-order valence-electron chi connectivity index (χ1n) is 6.62. The molecule has 21 heavy (non-hydrogen) atoms. The average Bonchev–Trinajstić information content (AvgIpc) is 2.46. The maximum atomic E-state index is 13.5. The Labute approximate surface area is 122 Å². The van der Waals surface area contributed by atoms with Gasteiger partial charge in [-0.25, -0.2) is 4.39 Å². The van der Waals surface area contributed by atoms with Crippen LogP contribution >= 0.6 is 0 Å². The van der Waals surface area contributed by atoms with Crippen LogP contribution in [0, 0.1) is 12.7 Å². The maximum Gasteiger partial charge on any atom is 0.200 e. The van der Waals surface area contributed by atoms with E-state index in [1.165, 1.54) is 18.2 Å². The second kappa shape index (κ2) is 6.01. The van der Waals surface area contributed by atoms with Gasteiger partial charge in [0.05, 0.1) is 0 Å². The molecule has 0 aliphatic heterocycles. The predicted molar refractivity (Wildman–Crippen MR) is 77.8 cm³/mol. The normalized spacial score (nSPS) is 12.3. The first-order valence-corrected chi connectivity index (χ1v) is 6.62. The van der Waals surface area contributed by atoms with Gasteiger partial charge in [0.2, 0.25) is 5.75 Å². The van der Waals surface area contributed by atoms with E-state index < -0.39 is 5.75 Å². The van der Waals surface area contributed by atoms with Crippen LogP contribution < -0.4 is 5.32 Å². The number of phenols is 3. The summed E-state index contributed by atoms with van der Waals surface area (Å²) in [6, 6.07) is 7.72. The summed E-state index contributed by atoms with van der Waals surface area (Å²) in [4.78, 5) is 0. The standard InChI is InChI=1S/C16H18FNO3/c1-9-3-4-11(7-13(9)17)10(2)18-8-12-5-6-14(19)16(21)15(12)20/h3-7,10,18-21H,8H2,1-2H3. The largest absolute Gasteiger partial charge is 0.504 e. The van der Waals surface area contributed by atoms with E-state index in [0.29, 0.717) is 11.1 Å². The molecule has 0 aliphatic carbocycles. The molecule has 2 aromatic rings. The monoisotopic (exact) mass is 291 g/mol. The molecule has 0 amide bonds. The fraction of sp³-hybridized carbons (Fsp3) is 0.250. The molecule has 0 aliphatic rings. The van der Waals surface area contributed by atoms with Crippen molar-refractivity contribution in [2.45, 2.75) is 26.4 Å². The third-order valence-electron chi connectivity index (χ3n) is 3.51. The van der Waals surface area contributed by atoms with E-state index in [0.717, 1.165) is 5.56 Å². The molecule has 0 heterocycles. The summed E-state index contributed by atoms with van der Waals surface area (Å²) in [7, 11) is 0. The number of nitrogens with one attached hydrogen (secondary N) is 1. The van der Waals surface area contributed by atoms with E-state index in [1.807, 2.05) is 13.0 Å². The number of aromatic hydroxyl groups is 3. The number of aryl methyl sites for hydroxylation is 1. The summed E-state index contributed by atoms with van der Waals surface area (Å²) in [5.74, 6) is -1.52. The van der Waals surface area contributed by atoms with Crippen LogP contribution in [0.5, 0.6) is 17.2 Å². The summed E-state index contributed by atoms with van der Waals surface area (Å²) >= 11 is 0. The number of rotatable bonds is 4. The minimum absolute atomic E-state index is 0.129. The van der Waals surface area contributed by atoms with Crippen LogP contribution in [-0.2, 0) is 6.54 Å². The fourth-order valence-electron chi connectivity index (χ4n) is 2.01. The van der Waals surface area contributed by atoms with E-state index >= 15 is 0 Å². The van der Waals surface area contributed by atoms with Gasteiger partial charge in [-0.1, -0.05) is 18.2 Å². The fourth-order valence-corrected chi connectivity index (χ4v) is 2.01. The summed E-state index contributed by atoms with van der Waals surface area (Å²) in [5, 5.41) is 31.6. The Morgan fingerprint density at radius 1 is 1.10 bits per heavy atom. The molecule has 2 rings (SSSR count). The second-order valence-electron chi connectivity index (χ2n) is 5.05. The lowest BCUT2D eigenvalue weighted by atomic mass is 10.1. The van der Waals surface area contributed by atoms with Crippen LogP contribution in [0.1, 0.15) is 29.7 Å². The molecule has 0 saturated heterocycles. The third kappa shape index (κ3) is 3.25. The Balaban J connectivity index is 2.09. The van der Waals surface area contributed by atoms with Gasteiger partial charge in [0.1, 0.15) is 5.82 Å². The summed E-state index contributed by atoms with van der Waals surface area (Å²) in [6.07, 6.45) is 0. The number of benzene rings is 2. The first-order chi connectivity index (χ1) is 9.90. The van der Waals surface area contributed by atoms with Gasteiger partial charge in [-0.05, 0) is 37.1 Å². The van der Waals surface area contributed by atoms with Gasteiger partial charge in [-0.15, -0.1) is 0 Å². The van der Waals surface area contributed by atoms with E-state index in [-0.39, 0.29) is 29.9 Å². The highest BCUT2D eigenvalue weighted by molar-refractivity contribution is 5.53. The Bertz CT molecular complexity index is 658. The Morgan fingerprint density at radius 2 is 1.81 bits per heavy atom. The lowest BCUT2D eigenvalue weighted by Gasteiger charge is -2.16. The zero-order chi connectivity index (χ0) is 15.6. The predicted octanol–water partition coefficient (Wildman–Crippen LogP) is 3.10. The summed E-state index contributed by atoms with van der Waals surface area (Å²) in [5.41, 5.74) is 1.83. The molecule has 2 aromatic carbocycles. The quantitative estimate of drug-likeness (QED) is 0.653. The first kappa shape index (κ1) is 15.1. The van der Waals surface area contributed by atoms with Gasteiger partial charge >= 0.3 is 0 Å². The summed E-state index contributed by atoms with van der Waals surface area (Å²) in [6.45, 7) is 3.85. The molecule has 1 unspecified atom stereocenters. The Hall–Kier alpha value is -2.27. The van der Waals surface area contributed by atoms with Gasteiger partial charge in [0.15, 0.2) is 11.5 Å². The molecule has 5 heteroatoms. The zero-order valence-electron chi connectivity index (χ0n) is 11.9. The van der Waals surface area contributed by atoms with Crippen LogP contribution in [0.25, 0.3) is 0 Å². The molecular formula is C16H18FNO3. The third-order valence-corrected chi connectivity index (χ3v) is 3.51. The van der Waals surface area contributed by atoms with Crippen molar-refractivity contribution in [2.24, 2.45) is 0 Å². The molecule has 0 spiro atoms. The minimum Gasteiger partial charge on any atom is -0.504 e. The molecule has 0 aromatic heterocycles. The molecule has 112 valence electrons. The zero-order valence-corrected chi connectivity index (χ0v) is 11.9.